The van der Waals surface area contributed by atoms with Crippen molar-refractivity contribution in [3.05, 3.63) is 55.7 Å². The number of anilines is 1. The van der Waals surface area contributed by atoms with E-state index in [4.69, 9.17) is 16.3 Å². The van der Waals surface area contributed by atoms with Gasteiger partial charge in [0.1, 0.15) is 5.69 Å². The number of benzene rings is 1. The van der Waals surface area contributed by atoms with Crippen LogP contribution in [0.25, 0.3) is 0 Å². The Kier molecular flexibility index (Phi) is 5.67. The van der Waals surface area contributed by atoms with Crippen LogP contribution in [0.3, 0.4) is 0 Å². The van der Waals surface area contributed by atoms with Crippen LogP contribution in [0.5, 0.6) is 0 Å². The van der Waals surface area contributed by atoms with E-state index in [2.05, 4.69) is 5.32 Å². The first-order valence-corrected chi connectivity index (χ1v) is 7.63. The molecule has 0 saturated heterocycles. The maximum Gasteiger partial charge on any atom is 0.311 e. The molecule has 23 heavy (non-hydrogen) atoms. The third-order valence-electron chi connectivity index (χ3n) is 2.69. The van der Waals surface area contributed by atoms with Crippen LogP contribution in [0.2, 0.25) is 5.02 Å². The summed E-state index contributed by atoms with van der Waals surface area (Å²) in [4.78, 5) is 34.4. The SMILES string of the molecule is O=C(COC(=O)Cc1cccs1)Nc1ccc(Cl)cc1[N+](=O)[O-]. The number of ether oxygens (including phenoxy) is 1. The lowest BCUT2D eigenvalue weighted by Crippen LogP contribution is -2.22. The Bertz CT molecular complexity index is 733. The summed E-state index contributed by atoms with van der Waals surface area (Å²) in [5.41, 5.74) is -0.352. The summed E-state index contributed by atoms with van der Waals surface area (Å²) in [6.45, 7) is -0.524. The molecule has 2 aromatic rings. The van der Waals surface area contributed by atoms with Crippen LogP contribution in [0.15, 0.2) is 35.7 Å². The van der Waals surface area contributed by atoms with E-state index in [9.17, 15) is 19.7 Å². The number of esters is 1. The second-order valence-electron chi connectivity index (χ2n) is 4.38. The Hall–Kier alpha value is -2.45. The molecule has 0 unspecified atom stereocenters. The molecule has 0 saturated carbocycles. The topological polar surface area (TPSA) is 98.5 Å². The van der Waals surface area contributed by atoms with E-state index in [-0.39, 0.29) is 22.8 Å². The number of amides is 1. The van der Waals surface area contributed by atoms with Crippen LogP contribution >= 0.6 is 22.9 Å². The third-order valence-corrected chi connectivity index (χ3v) is 3.80. The van der Waals surface area contributed by atoms with Crippen molar-refractivity contribution in [1.82, 2.24) is 0 Å². The smallest absolute Gasteiger partial charge is 0.311 e. The Morgan fingerprint density at radius 2 is 2.13 bits per heavy atom. The van der Waals surface area contributed by atoms with E-state index in [1.807, 2.05) is 5.38 Å². The zero-order valence-corrected chi connectivity index (χ0v) is 13.2. The Balaban J connectivity index is 1.90. The monoisotopic (exact) mass is 354 g/mol. The summed E-state index contributed by atoms with van der Waals surface area (Å²) in [7, 11) is 0. The van der Waals surface area contributed by atoms with Crippen molar-refractivity contribution in [2.45, 2.75) is 6.42 Å². The number of hydrogen-bond acceptors (Lipinski definition) is 6. The molecule has 1 amide bonds. The van der Waals surface area contributed by atoms with Gasteiger partial charge in [0.25, 0.3) is 11.6 Å². The van der Waals surface area contributed by atoms with Crippen LogP contribution in [-0.4, -0.2) is 23.4 Å². The largest absolute Gasteiger partial charge is 0.455 e. The molecule has 0 aliphatic heterocycles. The quantitative estimate of drug-likeness (QED) is 0.488. The maximum absolute atomic E-state index is 11.7. The summed E-state index contributed by atoms with van der Waals surface area (Å²) >= 11 is 7.09. The van der Waals surface area contributed by atoms with Crippen LogP contribution in [0.4, 0.5) is 11.4 Å². The molecule has 0 aliphatic rings. The zero-order valence-electron chi connectivity index (χ0n) is 11.7. The van der Waals surface area contributed by atoms with E-state index in [0.29, 0.717) is 0 Å². The van der Waals surface area contributed by atoms with Gasteiger partial charge in [-0.2, -0.15) is 0 Å². The Labute approximate surface area is 140 Å². The van der Waals surface area contributed by atoms with Gasteiger partial charge in [0.2, 0.25) is 0 Å². The molecule has 7 nitrogen and oxygen atoms in total. The molecule has 0 atom stereocenters. The summed E-state index contributed by atoms with van der Waals surface area (Å²) in [5, 5.41) is 15.2. The second-order valence-corrected chi connectivity index (χ2v) is 5.85. The van der Waals surface area contributed by atoms with Crippen molar-refractivity contribution in [1.29, 1.82) is 0 Å². The lowest BCUT2D eigenvalue weighted by molar-refractivity contribution is -0.383. The number of nitrogens with one attached hydrogen (secondary N) is 1. The summed E-state index contributed by atoms with van der Waals surface area (Å²) in [6.07, 6.45) is 0.0754. The molecule has 120 valence electrons. The Morgan fingerprint density at radius 1 is 1.35 bits per heavy atom. The predicted octanol–water partition coefficient (Wildman–Crippen LogP) is 3.03. The molecule has 2 rings (SSSR count). The number of hydrogen-bond donors (Lipinski definition) is 1. The predicted molar refractivity (Wildman–Crippen MR) is 85.7 cm³/mol. The van der Waals surface area contributed by atoms with Crippen molar-refractivity contribution in [2.24, 2.45) is 0 Å². The summed E-state index contributed by atoms with van der Waals surface area (Å²) in [5.74, 6) is -1.22. The van der Waals surface area contributed by atoms with E-state index >= 15 is 0 Å². The van der Waals surface area contributed by atoms with Gasteiger partial charge in [-0.25, -0.2) is 0 Å². The molecular weight excluding hydrogens is 344 g/mol. The lowest BCUT2D eigenvalue weighted by atomic mass is 10.2. The normalized spacial score (nSPS) is 10.1. The van der Waals surface area contributed by atoms with Gasteiger partial charge in [0.15, 0.2) is 6.61 Å². The molecule has 0 bridgehead atoms. The van der Waals surface area contributed by atoms with Crippen molar-refractivity contribution in [3.8, 4) is 0 Å². The van der Waals surface area contributed by atoms with Gasteiger partial charge in [-0.15, -0.1) is 11.3 Å². The van der Waals surface area contributed by atoms with Crippen molar-refractivity contribution in [2.75, 3.05) is 11.9 Å². The first-order chi connectivity index (χ1) is 11.0. The van der Waals surface area contributed by atoms with Gasteiger partial charge < -0.3 is 10.1 Å². The van der Waals surface area contributed by atoms with E-state index in [1.165, 1.54) is 23.5 Å². The number of nitrogens with zero attached hydrogens (tertiary/aromatic N) is 1. The van der Waals surface area contributed by atoms with Crippen LogP contribution in [0, 0.1) is 10.1 Å². The molecule has 0 fully saturated rings. The van der Waals surface area contributed by atoms with Gasteiger partial charge in [-0.3, -0.25) is 19.7 Å². The van der Waals surface area contributed by atoms with E-state index < -0.39 is 23.4 Å². The number of carbonyl (C=O) groups excluding carboxylic acids is 2. The Morgan fingerprint density at radius 3 is 2.78 bits per heavy atom. The number of carbonyl (C=O) groups is 2. The minimum atomic E-state index is -0.671. The number of nitro benzene ring substituents is 1. The molecule has 0 aliphatic carbocycles. The fourth-order valence-corrected chi connectivity index (χ4v) is 2.56. The van der Waals surface area contributed by atoms with Crippen LogP contribution in [-0.2, 0) is 20.7 Å². The molecule has 0 spiro atoms. The third kappa shape index (κ3) is 5.04. The molecule has 1 N–H and O–H groups in total. The van der Waals surface area contributed by atoms with Gasteiger partial charge in [0, 0.05) is 16.0 Å². The van der Waals surface area contributed by atoms with Gasteiger partial charge in [-0.1, -0.05) is 17.7 Å². The number of rotatable bonds is 6. The molecule has 1 heterocycles. The highest BCUT2D eigenvalue weighted by Crippen LogP contribution is 2.27. The van der Waals surface area contributed by atoms with Crippen LogP contribution in [0.1, 0.15) is 4.88 Å². The van der Waals surface area contributed by atoms with E-state index in [0.717, 1.165) is 10.9 Å². The number of thiophene rings is 1. The number of nitro groups is 1. The van der Waals surface area contributed by atoms with Gasteiger partial charge in [-0.05, 0) is 23.6 Å². The molecule has 1 aromatic heterocycles. The minimum absolute atomic E-state index is 0.0151. The van der Waals surface area contributed by atoms with Gasteiger partial charge >= 0.3 is 5.97 Å². The molecule has 9 heteroatoms. The van der Waals surface area contributed by atoms with Gasteiger partial charge in [0.05, 0.1) is 11.3 Å². The maximum atomic E-state index is 11.7. The van der Waals surface area contributed by atoms with Crippen molar-refractivity contribution in [3.63, 3.8) is 0 Å². The fourth-order valence-electron chi connectivity index (χ4n) is 1.70. The molecular formula is C14H11ClN2O5S. The summed E-state index contributed by atoms with van der Waals surface area (Å²) < 4.78 is 4.83. The fraction of sp³-hybridized carbons (Fsp3) is 0.143. The first-order valence-electron chi connectivity index (χ1n) is 6.37. The minimum Gasteiger partial charge on any atom is -0.455 e. The van der Waals surface area contributed by atoms with Crippen molar-refractivity contribution >= 4 is 46.2 Å². The molecule has 0 radical (unpaired) electrons. The highest BCUT2D eigenvalue weighted by molar-refractivity contribution is 7.10. The lowest BCUT2D eigenvalue weighted by Gasteiger charge is -2.07. The van der Waals surface area contributed by atoms with Crippen LogP contribution < -0.4 is 5.32 Å². The highest BCUT2D eigenvalue weighted by atomic mass is 35.5. The second kappa shape index (κ2) is 7.70. The average molecular weight is 355 g/mol. The van der Waals surface area contributed by atoms with Crippen molar-refractivity contribution < 1.29 is 19.2 Å². The molecule has 1 aromatic carbocycles. The van der Waals surface area contributed by atoms with E-state index in [1.54, 1.807) is 12.1 Å². The number of halogens is 1. The highest BCUT2D eigenvalue weighted by Gasteiger charge is 2.17. The average Bonchev–Trinajstić information content (AvgIpc) is 2.99. The zero-order chi connectivity index (χ0) is 16.8. The first kappa shape index (κ1) is 16.9. The summed E-state index contributed by atoms with van der Waals surface area (Å²) in [6, 6.07) is 7.43. The standard InChI is InChI=1S/C14H11ClN2O5S/c15-9-3-4-11(12(6-9)17(20)21)16-13(18)8-22-14(19)7-10-2-1-5-23-10/h1-6H,7-8H2,(H,16,18).